The quantitative estimate of drug-likeness (QED) is 0.233. The Morgan fingerprint density at radius 1 is 0.921 bits per heavy atom. The van der Waals surface area contributed by atoms with Crippen molar-refractivity contribution in [1.82, 2.24) is 9.38 Å². The van der Waals surface area contributed by atoms with Crippen molar-refractivity contribution >= 4 is 35.1 Å². The van der Waals surface area contributed by atoms with E-state index in [0.29, 0.717) is 27.7 Å². The van der Waals surface area contributed by atoms with E-state index < -0.39 is 18.2 Å². The van der Waals surface area contributed by atoms with Gasteiger partial charge in [-0.1, -0.05) is 84.4 Å². The number of amides is 1. The average molecular weight is 526 g/mol. The van der Waals surface area contributed by atoms with Crippen molar-refractivity contribution in [3.05, 3.63) is 113 Å². The van der Waals surface area contributed by atoms with Gasteiger partial charge in [0.05, 0.1) is 6.42 Å². The summed E-state index contributed by atoms with van der Waals surface area (Å²) in [6, 6.07) is 28.1. The molecule has 190 valence electrons. The summed E-state index contributed by atoms with van der Waals surface area (Å²) in [5.74, 6) is -0.371. The first-order chi connectivity index (χ1) is 18.4. The van der Waals surface area contributed by atoms with Crippen LogP contribution in [0, 0.1) is 0 Å². The molecule has 2 heterocycles. The molecule has 2 aromatic heterocycles. The normalized spacial score (nSPS) is 11.7. The molecule has 0 aliphatic heterocycles. The van der Waals surface area contributed by atoms with Gasteiger partial charge in [-0.25, -0.2) is 9.78 Å². The fourth-order valence-electron chi connectivity index (χ4n) is 4.28. The van der Waals surface area contributed by atoms with Crippen LogP contribution < -0.4 is 5.32 Å². The molecule has 3 aromatic carbocycles. The van der Waals surface area contributed by atoms with Gasteiger partial charge >= 0.3 is 12.1 Å². The molecule has 38 heavy (non-hydrogen) atoms. The molecule has 2 N–H and O–H groups in total. The van der Waals surface area contributed by atoms with Crippen molar-refractivity contribution in [1.29, 1.82) is 0 Å². The van der Waals surface area contributed by atoms with E-state index in [1.54, 1.807) is 17.4 Å². The molecule has 8 heteroatoms. The van der Waals surface area contributed by atoms with Gasteiger partial charge in [0.2, 0.25) is 0 Å². The van der Waals surface area contributed by atoms with Gasteiger partial charge < -0.3 is 9.84 Å². The Hall–Kier alpha value is -4.62. The van der Waals surface area contributed by atoms with Crippen LogP contribution in [-0.4, -0.2) is 26.6 Å². The van der Waals surface area contributed by atoms with Gasteiger partial charge in [0.1, 0.15) is 23.3 Å². The Morgan fingerprint density at radius 3 is 2.24 bits per heavy atom. The Bertz CT molecular complexity index is 1610. The number of nitrogens with zero attached hydrogens (tertiary/aromatic N) is 2. The lowest BCUT2D eigenvalue weighted by Crippen LogP contribution is -2.17. The number of rotatable bonds is 7. The maximum Gasteiger partial charge on any atom is 0.413 e. The predicted octanol–water partition coefficient (Wildman–Crippen LogP) is 7.26. The Kier molecular flexibility index (Phi) is 7.11. The number of anilines is 1. The number of ether oxygens (including phenoxy) is 1. The van der Waals surface area contributed by atoms with E-state index in [4.69, 9.17) is 26.4 Å². The number of carbonyl (C=O) groups is 2. The summed E-state index contributed by atoms with van der Waals surface area (Å²) in [7, 11) is 0. The van der Waals surface area contributed by atoms with Crippen molar-refractivity contribution < 1.29 is 19.4 Å². The summed E-state index contributed by atoms with van der Waals surface area (Å²) in [4.78, 5) is 28.6. The van der Waals surface area contributed by atoms with E-state index in [1.165, 1.54) is 0 Å². The molecule has 0 fully saturated rings. The van der Waals surface area contributed by atoms with E-state index in [9.17, 15) is 9.59 Å². The average Bonchev–Trinajstić information content (AvgIpc) is 3.27. The van der Waals surface area contributed by atoms with Crippen LogP contribution in [0.3, 0.4) is 0 Å². The minimum atomic E-state index is -0.860. The van der Waals surface area contributed by atoms with Gasteiger partial charge in [-0.3, -0.25) is 14.5 Å². The number of hydrogen-bond acceptors (Lipinski definition) is 4. The van der Waals surface area contributed by atoms with E-state index in [0.717, 1.165) is 22.3 Å². The summed E-state index contributed by atoms with van der Waals surface area (Å²) in [6.45, 7) is 1.77. The number of halogens is 1. The van der Waals surface area contributed by atoms with Crippen LogP contribution in [0.1, 0.15) is 24.2 Å². The number of carbonyl (C=O) groups excluding carboxylic acids is 1. The molecule has 0 aliphatic carbocycles. The molecule has 0 aliphatic rings. The molecular formula is C30H24ClN3O4. The second-order valence-electron chi connectivity index (χ2n) is 8.78. The SMILES string of the molecule is CC(OC(=O)Nc1c(-c2ccc(-c3ccc(CC(=O)O)cc3)cc2)nc2ccccn12)c1ccccc1Cl. The molecule has 1 atom stereocenters. The third kappa shape index (κ3) is 5.38. The highest BCUT2D eigenvalue weighted by Gasteiger charge is 2.20. The van der Waals surface area contributed by atoms with Crippen LogP contribution in [0.2, 0.25) is 5.02 Å². The Labute approximate surface area is 224 Å². The first-order valence-corrected chi connectivity index (χ1v) is 12.4. The number of fused-ring (bicyclic) bond motifs is 1. The number of hydrogen-bond donors (Lipinski definition) is 2. The zero-order chi connectivity index (χ0) is 26.6. The summed E-state index contributed by atoms with van der Waals surface area (Å²) < 4.78 is 7.43. The second kappa shape index (κ2) is 10.8. The standard InChI is InChI=1S/C30H24ClN3O4/c1-19(24-6-2-3-7-25(24)31)38-30(37)33-29-28(32-26-8-4-5-17-34(26)29)23-15-13-22(14-16-23)21-11-9-20(10-12-21)18-27(35)36/h2-17,19H,18H2,1H3,(H,33,37)(H,35,36). The number of nitrogens with one attached hydrogen (secondary N) is 1. The van der Waals surface area contributed by atoms with E-state index >= 15 is 0 Å². The highest BCUT2D eigenvalue weighted by Crippen LogP contribution is 2.32. The van der Waals surface area contributed by atoms with Crippen LogP contribution in [0.4, 0.5) is 10.6 Å². The topological polar surface area (TPSA) is 92.9 Å². The second-order valence-corrected chi connectivity index (χ2v) is 9.18. The zero-order valence-corrected chi connectivity index (χ0v) is 21.2. The molecule has 7 nitrogen and oxygen atoms in total. The fourth-order valence-corrected chi connectivity index (χ4v) is 4.57. The molecule has 5 aromatic rings. The molecule has 1 amide bonds. The molecular weight excluding hydrogens is 502 g/mol. The number of carboxylic acid groups (broad SMARTS) is 1. The number of carboxylic acids is 1. The predicted molar refractivity (Wildman–Crippen MR) is 147 cm³/mol. The molecule has 0 radical (unpaired) electrons. The molecule has 0 saturated heterocycles. The lowest BCUT2D eigenvalue weighted by molar-refractivity contribution is -0.136. The number of imidazole rings is 1. The maximum absolute atomic E-state index is 12.9. The fraction of sp³-hybridized carbons (Fsp3) is 0.100. The largest absolute Gasteiger partial charge is 0.481 e. The van der Waals surface area contributed by atoms with Crippen molar-refractivity contribution in [2.45, 2.75) is 19.4 Å². The summed E-state index contributed by atoms with van der Waals surface area (Å²) in [6.07, 6.45) is 0.643. The zero-order valence-electron chi connectivity index (χ0n) is 20.5. The summed E-state index contributed by atoms with van der Waals surface area (Å²) in [5.41, 5.74) is 5.49. The number of aliphatic carboxylic acids is 1. The minimum Gasteiger partial charge on any atom is -0.481 e. The number of pyridine rings is 1. The van der Waals surface area contributed by atoms with Crippen LogP contribution in [0.15, 0.2) is 97.2 Å². The first-order valence-electron chi connectivity index (χ1n) is 12.0. The number of benzene rings is 3. The van der Waals surface area contributed by atoms with Crippen molar-refractivity contribution in [2.75, 3.05) is 5.32 Å². The molecule has 0 bridgehead atoms. The lowest BCUT2D eigenvalue weighted by atomic mass is 10.0. The van der Waals surface area contributed by atoms with Crippen LogP contribution in [0.25, 0.3) is 28.0 Å². The van der Waals surface area contributed by atoms with Crippen LogP contribution in [-0.2, 0) is 16.0 Å². The Morgan fingerprint density at radius 2 is 1.55 bits per heavy atom. The third-order valence-electron chi connectivity index (χ3n) is 6.18. The van der Waals surface area contributed by atoms with Crippen LogP contribution >= 0.6 is 11.6 Å². The minimum absolute atomic E-state index is 0.0114. The molecule has 1 unspecified atom stereocenters. The van der Waals surface area contributed by atoms with Gasteiger partial charge in [0.25, 0.3) is 0 Å². The van der Waals surface area contributed by atoms with Crippen molar-refractivity contribution in [3.8, 4) is 22.4 Å². The van der Waals surface area contributed by atoms with Gasteiger partial charge in [-0.15, -0.1) is 0 Å². The summed E-state index contributed by atoms with van der Waals surface area (Å²) in [5, 5.41) is 12.4. The van der Waals surface area contributed by atoms with Gasteiger partial charge in [-0.2, -0.15) is 0 Å². The van der Waals surface area contributed by atoms with Crippen LogP contribution in [0.5, 0.6) is 0 Å². The van der Waals surface area contributed by atoms with Gasteiger partial charge in [0, 0.05) is 22.3 Å². The summed E-state index contributed by atoms with van der Waals surface area (Å²) >= 11 is 6.26. The van der Waals surface area contributed by atoms with E-state index in [-0.39, 0.29) is 6.42 Å². The lowest BCUT2D eigenvalue weighted by Gasteiger charge is -2.16. The maximum atomic E-state index is 12.9. The van der Waals surface area contributed by atoms with Gasteiger partial charge in [-0.05, 0) is 41.8 Å². The van der Waals surface area contributed by atoms with E-state index in [2.05, 4.69) is 5.32 Å². The molecule has 5 rings (SSSR count). The number of aromatic nitrogens is 2. The third-order valence-corrected chi connectivity index (χ3v) is 6.52. The smallest absolute Gasteiger partial charge is 0.413 e. The highest BCUT2D eigenvalue weighted by atomic mass is 35.5. The monoisotopic (exact) mass is 525 g/mol. The van der Waals surface area contributed by atoms with Gasteiger partial charge in [0.15, 0.2) is 0 Å². The van der Waals surface area contributed by atoms with E-state index in [1.807, 2.05) is 91.1 Å². The molecule has 0 saturated carbocycles. The Balaban J connectivity index is 1.40. The molecule has 0 spiro atoms. The van der Waals surface area contributed by atoms with Crippen molar-refractivity contribution in [3.63, 3.8) is 0 Å². The first kappa shape index (κ1) is 25.0. The highest BCUT2D eigenvalue weighted by molar-refractivity contribution is 6.31. The van der Waals surface area contributed by atoms with Crippen molar-refractivity contribution in [2.24, 2.45) is 0 Å².